The van der Waals surface area contributed by atoms with Crippen LogP contribution in [0, 0.1) is 5.41 Å². The van der Waals surface area contributed by atoms with Gasteiger partial charge in [-0.2, -0.15) is 0 Å². The Morgan fingerprint density at radius 3 is 2.62 bits per heavy atom. The highest BCUT2D eigenvalue weighted by Crippen LogP contribution is 2.25. The lowest BCUT2D eigenvalue weighted by Gasteiger charge is -2.32. The second kappa shape index (κ2) is 4.79. The molecule has 0 aromatic rings. The van der Waals surface area contributed by atoms with Crippen LogP contribution in [-0.4, -0.2) is 38.5 Å². The van der Waals surface area contributed by atoms with Crippen LogP contribution in [0.2, 0.25) is 0 Å². The van der Waals surface area contributed by atoms with E-state index in [1.54, 1.807) is 6.92 Å². The van der Waals surface area contributed by atoms with Crippen molar-refractivity contribution >= 4 is 17.6 Å². The van der Waals surface area contributed by atoms with Crippen LogP contribution in [-0.2, 0) is 19.0 Å². The fraction of sp³-hybridized carbons (Fsp3) is 0.875. The molecular formula is C8H13ClO4. The number of rotatable bonds is 3. The summed E-state index contributed by atoms with van der Waals surface area (Å²) >= 11 is 5.71. The summed E-state index contributed by atoms with van der Waals surface area (Å²) < 4.78 is 15.0. The van der Waals surface area contributed by atoms with Crippen LogP contribution >= 0.6 is 11.6 Å². The second-order valence-corrected chi connectivity index (χ2v) is 3.22. The molecule has 0 atom stereocenters. The maximum Gasteiger partial charge on any atom is 0.318 e. The summed E-state index contributed by atoms with van der Waals surface area (Å²) in [5.74, 6) is -0.184. The smallest absolute Gasteiger partial charge is 0.318 e. The zero-order chi connectivity index (χ0) is 9.73. The van der Waals surface area contributed by atoms with E-state index in [1.807, 2.05) is 0 Å². The molecule has 0 aromatic carbocycles. The van der Waals surface area contributed by atoms with Crippen molar-refractivity contribution in [3.05, 3.63) is 0 Å². The SMILES string of the molecule is CCOC(=O)C1(CCl)COCOC1. The van der Waals surface area contributed by atoms with Crippen molar-refractivity contribution < 1.29 is 19.0 Å². The third-order valence-electron chi connectivity index (χ3n) is 1.89. The van der Waals surface area contributed by atoms with Crippen molar-refractivity contribution in [2.24, 2.45) is 5.41 Å². The number of halogens is 1. The maximum atomic E-state index is 11.5. The van der Waals surface area contributed by atoms with E-state index in [9.17, 15) is 4.79 Å². The Bertz CT molecular complexity index is 177. The fourth-order valence-electron chi connectivity index (χ4n) is 1.11. The third-order valence-corrected chi connectivity index (χ3v) is 2.40. The van der Waals surface area contributed by atoms with Crippen LogP contribution < -0.4 is 0 Å². The Morgan fingerprint density at radius 2 is 2.15 bits per heavy atom. The predicted molar refractivity (Wildman–Crippen MR) is 46.6 cm³/mol. The van der Waals surface area contributed by atoms with Crippen molar-refractivity contribution in [3.8, 4) is 0 Å². The highest BCUT2D eigenvalue weighted by atomic mass is 35.5. The van der Waals surface area contributed by atoms with Crippen LogP contribution in [0.4, 0.5) is 0 Å². The molecule has 0 spiro atoms. The molecule has 0 bridgehead atoms. The number of esters is 1. The van der Waals surface area contributed by atoms with Crippen LogP contribution in [0.25, 0.3) is 0 Å². The molecular weight excluding hydrogens is 196 g/mol. The summed E-state index contributed by atoms with van der Waals surface area (Å²) in [5.41, 5.74) is -0.810. The zero-order valence-electron chi connectivity index (χ0n) is 7.55. The standard InChI is InChI=1S/C8H13ClO4/c1-2-13-7(10)8(3-9)4-11-6-12-5-8/h2-6H2,1H3. The number of hydrogen-bond acceptors (Lipinski definition) is 4. The minimum absolute atomic E-state index is 0.159. The van der Waals surface area contributed by atoms with Crippen molar-refractivity contribution in [2.45, 2.75) is 6.92 Å². The third kappa shape index (κ3) is 2.33. The molecule has 0 saturated carbocycles. The first kappa shape index (κ1) is 10.8. The summed E-state index contributed by atoms with van der Waals surface area (Å²) in [5, 5.41) is 0. The first-order chi connectivity index (χ1) is 6.25. The summed E-state index contributed by atoms with van der Waals surface area (Å²) in [6, 6.07) is 0. The lowest BCUT2D eigenvalue weighted by atomic mass is 9.92. The Kier molecular flexibility index (Phi) is 3.96. The molecule has 1 rings (SSSR count). The van der Waals surface area contributed by atoms with Crippen LogP contribution in [0.3, 0.4) is 0 Å². The molecule has 0 aliphatic carbocycles. The molecule has 1 aliphatic heterocycles. The van der Waals surface area contributed by atoms with E-state index in [2.05, 4.69) is 0 Å². The first-order valence-electron chi connectivity index (χ1n) is 4.14. The molecule has 1 saturated heterocycles. The van der Waals surface area contributed by atoms with Gasteiger partial charge in [0.1, 0.15) is 12.2 Å². The highest BCUT2D eigenvalue weighted by molar-refractivity contribution is 6.19. The van der Waals surface area contributed by atoms with Crippen LogP contribution in [0.15, 0.2) is 0 Å². The van der Waals surface area contributed by atoms with Crippen molar-refractivity contribution in [1.82, 2.24) is 0 Å². The average Bonchev–Trinajstić information content (AvgIpc) is 2.19. The molecule has 1 aliphatic rings. The Morgan fingerprint density at radius 1 is 1.54 bits per heavy atom. The molecule has 0 unspecified atom stereocenters. The van der Waals surface area contributed by atoms with E-state index in [1.165, 1.54) is 0 Å². The van der Waals surface area contributed by atoms with Gasteiger partial charge in [-0.05, 0) is 6.92 Å². The molecule has 5 heteroatoms. The Labute approximate surface area is 82.1 Å². The van der Waals surface area contributed by atoms with E-state index in [0.29, 0.717) is 6.61 Å². The summed E-state index contributed by atoms with van der Waals surface area (Å²) in [6.07, 6.45) is 0. The number of hydrogen-bond donors (Lipinski definition) is 0. The van der Waals surface area contributed by atoms with Crippen molar-refractivity contribution in [3.63, 3.8) is 0 Å². The van der Waals surface area contributed by atoms with Gasteiger partial charge in [0.05, 0.1) is 19.8 Å². The molecule has 1 heterocycles. The predicted octanol–water partition coefficient (Wildman–Crippen LogP) is 0.779. The van der Waals surface area contributed by atoms with E-state index >= 15 is 0 Å². The minimum atomic E-state index is -0.810. The van der Waals surface area contributed by atoms with Gasteiger partial charge >= 0.3 is 5.97 Å². The van der Waals surface area contributed by atoms with Gasteiger partial charge in [-0.15, -0.1) is 11.6 Å². The lowest BCUT2D eigenvalue weighted by Crippen LogP contribution is -2.46. The largest absolute Gasteiger partial charge is 0.465 e. The minimum Gasteiger partial charge on any atom is -0.465 e. The molecule has 13 heavy (non-hydrogen) atoms. The second-order valence-electron chi connectivity index (χ2n) is 2.95. The molecule has 4 nitrogen and oxygen atoms in total. The molecule has 0 N–H and O–H groups in total. The van der Waals surface area contributed by atoms with Gasteiger partial charge in [0.15, 0.2) is 0 Å². The van der Waals surface area contributed by atoms with Gasteiger partial charge in [-0.1, -0.05) is 0 Å². The number of ether oxygens (including phenoxy) is 3. The summed E-state index contributed by atoms with van der Waals surface area (Å²) in [6.45, 7) is 2.87. The van der Waals surface area contributed by atoms with Gasteiger partial charge in [0.2, 0.25) is 0 Å². The van der Waals surface area contributed by atoms with Gasteiger partial charge in [0, 0.05) is 5.88 Å². The van der Waals surface area contributed by atoms with Gasteiger partial charge in [-0.25, -0.2) is 0 Å². The number of alkyl halides is 1. The Balaban J connectivity index is 2.61. The van der Waals surface area contributed by atoms with Crippen LogP contribution in [0.1, 0.15) is 6.92 Å². The molecule has 0 amide bonds. The van der Waals surface area contributed by atoms with E-state index in [-0.39, 0.29) is 31.9 Å². The molecule has 1 fully saturated rings. The monoisotopic (exact) mass is 208 g/mol. The van der Waals surface area contributed by atoms with E-state index < -0.39 is 5.41 Å². The highest BCUT2D eigenvalue weighted by Gasteiger charge is 2.42. The molecule has 76 valence electrons. The van der Waals surface area contributed by atoms with Gasteiger partial charge in [0.25, 0.3) is 0 Å². The van der Waals surface area contributed by atoms with Gasteiger partial charge < -0.3 is 14.2 Å². The fourth-order valence-corrected chi connectivity index (χ4v) is 1.37. The number of carbonyl (C=O) groups excluding carboxylic acids is 1. The average molecular weight is 209 g/mol. The molecule has 0 radical (unpaired) electrons. The van der Waals surface area contributed by atoms with Crippen molar-refractivity contribution in [2.75, 3.05) is 32.5 Å². The van der Waals surface area contributed by atoms with Gasteiger partial charge in [-0.3, -0.25) is 4.79 Å². The van der Waals surface area contributed by atoms with E-state index in [4.69, 9.17) is 25.8 Å². The Hall–Kier alpha value is -0.320. The molecule has 0 aromatic heterocycles. The summed E-state index contributed by atoms with van der Waals surface area (Å²) in [7, 11) is 0. The normalized spacial score (nSPS) is 21.1. The summed E-state index contributed by atoms with van der Waals surface area (Å²) in [4.78, 5) is 11.5. The first-order valence-corrected chi connectivity index (χ1v) is 4.67. The van der Waals surface area contributed by atoms with E-state index in [0.717, 1.165) is 0 Å². The quantitative estimate of drug-likeness (QED) is 0.508. The maximum absolute atomic E-state index is 11.5. The lowest BCUT2D eigenvalue weighted by molar-refractivity contribution is -0.190. The van der Waals surface area contributed by atoms with Crippen LogP contribution in [0.5, 0.6) is 0 Å². The number of carbonyl (C=O) groups is 1. The van der Waals surface area contributed by atoms with Crippen molar-refractivity contribution in [1.29, 1.82) is 0 Å². The topological polar surface area (TPSA) is 44.8 Å². The zero-order valence-corrected chi connectivity index (χ0v) is 8.30.